The molecule has 3 N–H and O–H groups in total. The summed E-state index contributed by atoms with van der Waals surface area (Å²) >= 11 is 1.26. The van der Waals surface area contributed by atoms with Gasteiger partial charge in [-0.05, 0) is 36.1 Å². The van der Waals surface area contributed by atoms with Crippen LogP contribution in [0.25, 0.3) is 0 Å². The largest absolute Gasteiger partial charge is 0.465 e. The Kier molecular flexibility index (Phi) is 6.02. The molecule has 23 heavy (non-hydrogen) atoms. The summed E-state index contributed by atoms with van der Waals surface area (Å²) in [4.78, 5) is 26.4. The Morgan fingerprint density at radius 3 is 2.91 bits per heavy atom. The number of esters is 1. The van der Waals surface area contributed by atoms with Crippen molar-refractivity contribution in [3.8, 4) is 0 Å². The molecule has 1 aliphatic carbocycles. The lowest BCUT2D eigenvalue weighted by Gasteiger charge is -2.17. The average molecular weight is 360 g/mol. The molecule has 3 atom stereocenters. The maximum Gasteiger partial charge on any atom is 0.350 e. The highest BCUT2D eigenvalue weighted by Crippen LogP contribution is 2.36. The molecular weight excluding hydrogens is 338 g/mol. The van der Waals surface area contributed by atoms with Crippen molar-refractivity contribution in [3.63, 3.8) is 0 Å². The summed E-state index contributed by atoms with van der Waals surface area (Å²) in [6, 6.07) is 2.00. The molecule has 1 amide bonds. The maximum absolute atomic E-state index is 12.2. The Morgan fingerprint density at radius 1 is 1.43 bits per heavy atom. The number of hydrogen-bond donors (Lipinski definition) is 2. The number of fused-ring (bicyclic) bond motifs is 1. The fourth-order valence-corrected chi connectivity index (χ4v) is 4.35. The number of thiophene rings is 1. The second kappa shape index (κ2) is 7.61. The zero-order chi connectivity index (χ0) is 15.7. The van der Waals surface area contributed by atoms with E-state index < -0.39 is 5.97 Å². The van der Waals surface area contributed by atoms with Crippen molar-refractivity contribution in [1.82, 2.24) is 4.90 Å². The van der Waals surface area contributed by atoms with Crippen LogP contribution in [0.4, 0.5) is 5.69 Å². The molecule has 1 saturated carbocycles. The minimum absolute atomic E-state index is 0. The Morgan fingerprint density at radius 2 is 2.22 bits per heavy atom. The summed E-state index contributed by atoms with van der Waals surface area (Å²) in [5.74, 6) is 0.637. The molecule has 8 heteroatoms. The van der Waals surface area contributed by atoms with Crippen LogP contribution in [0.1, 0.15) is 22.5 Å². The van der Waals surface area contributed by atoms with Crippen LogP contribution in [0.3, 0.4) is 0 Å². The third-order valence-electron chi connectivity index (χ3n) is 4.67. The van der Waals surface area contributed by atoms with Gasteiger partial charge >= 0.3 is 5.97 Å². The highest BCUT2D eigenvalue weighted by Gasteiger charge is 2.41. The van der Waals surface area contributed by atoms with Crippen LogP contribution >= 0.6 is 23.7 Å². The van der Waals surface area contributed by atoms with Crippen LogP contribution in [-0.2, 0) is 9.53 Å². The van der Waals surface area contributed by atoms with Crippen molar-refractivity contribution in [1.29, 1.82) is 0 Å². The summed E-state index contributed by atoms with van der Waals surface area (Å²) in [5, 5.41) is 4.57. The third-order valence-corrected chi connectivity index (χ3v) is 5.56. The molecule has 1 saturated heterocycles. The molecule has 0 spiro atoms. The quantitative estimate of drug-likeness (QED) is 0.797. The fourth-order valence-electron chi connectivity index (χ4n) is 3.58. The summed E-state index contributed by atoms with van der Waals surface area (Å²) < 4.78 is 4.71. The van der Waals surface area contributed by atoms with Crippen LogP contribution in [0.2, 0.25) is 0 Å². The van der Waals surface area contributed by atoms with Gasteiger partial charge in [0.1, 0.15) is 4.88 Å². The Balaban J connectivity index is 0.00000192. The smallest absolute Gasteiger partial charge is 0.350 e. The molecule has 1 aromatic rings. The van der Waals surface area contributed by atoms with Crippen molar-refractivity contribution in [2.24, 2.45) is 17.6 Å². The number of halogens is 1. The van der Waals surface area contributed by atoms with Gasteiger partial charge in [0.05, 0.1) is 19.3 Å². The van der Waals surface area contributed by atoms with Crippen molar-refractivity contribution in [3.05, 3.63) is 16.3 Å². The van der Waals surface area contributed by atoms with Gasteiger partial charge in [0.25, 0.3) is 0 Å². The zero-order valence-corrected chi connectivity index (χ0v) is 14.6. The van der Waals surface area contributed by atoms with Gasteiger partial charge in [-0.25, -0.2) is 4.79 Å². The normalized spacial score (nSPS) is 26.4. The number of nitrogens with two attached hydrogens (primary N) is 1. The number of rotatable bonds is 4. The minimum atomic E-state index is -0.424. The molecule has 2 heterocycles. The molecule has 2 fully saturated rings. The lowest BCUT2D eigenvalue weighted by Crippen LogP contribution is -2.34. The van der Waals surface area contributed by atoms with E-state index in [1.54, 1.807) is 11.4 Å². The second-order valence-corrected chi connectivity index (χ2v) is 6.98. The summed E-state index contributed by atoms with van der Waals surface area (Å²) in [6.45, 7) is 2.18. The first kappa shape index (κ1) is 18.2. The summed E-state index contributed by atoms with van der Waals surface area (Å²) in [7, 11) is 1.33. The predicted molar refractivity (Wildman–Crippen MR) is 92.2 cm³/mol. The van der Waals surface area contributed by atoms with Crippen LogP contribution < -0.4 is 11.1 Å². The molecule has 3 rings (SSSR count). The van der Waals surface area contributed by atoms with E-state index in [9.17, 15) is 9.59 Å². The molecule has 1 aromatic heterocycles. The van der Waals surface area contributed by atoms with Gasteiger partial charge in [0.2, 0.25) is 5.91 Å². The number of hydrogen-bond acceptors (Lipinski definition) is 6. The third kappa shape index (κ3) is 3.85. The molecule has 0 bridgehead atoms. The number of anilines is 1. The molecule has 128 valence electrons. The molecule has 0 radical (unpaired) electrons. The van der Waals surface area contributed by atoms with Crippen LogP contribution in [-0.4, -0.2) is 49.6 Å². The number of methoxy groups -OCH3 is 1. The minimum Gasteiger partial charge on any atom is -0.465 e. The van der Waals surface area contributed by atoms with Gasteiger partial charge in [-0.1, -0.05) is 0 Å². The van der Waals surface area contributed by atoms with Gasteiger partial charge in [-0.15, -0.1) is 23.7 Å². The maximum atomic E-state index is 12.2. The lowest BCUT2D eigenvalue weighted by atomic mass is 9.98. The van der Waals surface area contributed by atoms with Crippen molar-refractivity contribution >= 4 is 41.3 Å². The van der Waals surface area contributed by atoms with E-state index in [1.165, 1.54) is 24.9 Å². The summed E-state index contributed by atoms with van der Waals surface area (Å²) in [6.07, 6.45) is 2.27. The molecule has 2 aliphatic rings. The highest BCUT2D eigenvalue weighted by atomic mass is 35.5. The van der Waals surface area contributed by atoms with E-state index in [2.05, 4.69) is 10.2 Å². The SMILES string of the molecule is COC(=O)c1sccc1NC(=O)CN1CC2CCC(N)C2C1.Cl. The first-order valence-electron chi connectivity index (χ1n) is 7.52. The van der Waals surface area contributed by atoms with Crippen molar-refractivity contribution in [2.75, 3.05) is 32.1 Å². The van der Waals surface area contributed by atoms with Gasteiger partial charge in [0, 0.05) is 19.1 Å². The van der Waals surface area contributed by atoms with Gasteiger partial charge in [0.15, 0.2) is 0 Å². The van der Waals surface area contributed by atoms with Crippen LogP contribution in [0.15, 0.2) is 11.4 Å². The lowest BCUT2D eigenvalue weighted by molar-refractivity contribution is -0.117. The standard InChI is InChI=1S/C15H21N3O3S.ClH/c1-21-15(20)14-12(4-5-22-14)17-13(19)8-18-6-9-2-3-11(16)10(9)7-18;/h4-5,9-11H,2-3,6-8,16H2,1H3,(H,17,19);1H. The van der Waals surface area contributed by atoms with Gasteiger partial charge in [-0.2, -0.15) is 0 Å². The van der Waals surface area contributed by atoms with Crippen molar-refractivity contribution in [2.45, 2.75) is 18.9 Å². The number of carbonyl (C=O) groups excluding carboxylic acids is 2. The van der Waals surface area contributed by atoms with Crippen LogP contribution in [0.5, 0.6) is 0 Å². The monoisotopic (exact) mass is 359 g/mol. The topological polar surface area (TPSA) is 84.7 Å². The van der Waals surface area contributed by atoms with Crippen LogP contribution in [0, 0.1) is 11.8 Å². The summed E-state index contributed by atoms with van der Waals surface area (Å²) in [5.41, 5.74) is 6.64. The molecule has 3 unspecified atom stereocenters. The second-order valence-electron chi connectivity index (χ2n) is 6.06. The number of amides is 1. The number of nitrogens with zero attached hydrogens (tertiary/aromatic N) is 1. The predicted octanol–water partition coefficient (Wildman–Crippen LogP) is 1.56. The van der Waals surface area contributed by atoms with Gasteiger partial charge in [-0.3, -0.25) is 9.69 Å². The molecule has 0 aromatic carbocycles. The molecule has 1 aliphatic heterocycles. The number of nitrogens with one attached hydrogen (secondary N) is 1. The van der Waals surface area contributed by atoms with Gasteiger partial charge < -0.3 is 15.8 Å². The molecule has 6 nitrogen and oxygen atoms in total. The highest BCUT2D eigenvalue weighted by molar-refractivity contribution is 7.12. The van der Waals surface area contributed by atoms with E-state index in [1.807, 2.05) is 0 Å². The number of ether oxygens (including phenoxy) is 1. The number of likely N-dealkylation sites (tertiary alicyclic amines) is 1. The Bertz CT molecular complexity index is 580. The van der Waals surface area contributed by atoms with E-state index in [0.717, 1.165) is 19.5 Å². The first-order chi connectivity index (χ1) is 10.6. The van der Waals surface area contributed by atoms with E-state index >= 15 is 0 Å². The van der Waals surface area contributed by atoms with E-state index in [4.69, 9.17) is 10.5 Å². The number of carbonyl (C=O) groups is 2. The zero-order valence-electron chi connectivity index (χ0n) is 13.0. The first-order valence-corrected chi connectivity index (χ1v) is 8.40. The average Bonchev–Trinajstić information content (AvgIpc) is 3.17. The van der Waals surface area contributed by atoms with E-state index in [-0.39, 0.29) is 24.4 Å². The Hall–Kier alpha value is -1.15. The van der Waals surface area contributed by atoms with E-state index in [0.29, 0.717) is 28.9 Å². The Labute approximate surface area is 145 Å². The van der Waals surface area contributed by atoms with Crippen molar-refractivity contribution < 1.29 is 14.3 Å². The molecular formula is C15H22ClN3O3S. The fraction of sp³-hybridized carbons (Fsp3) is 0.600.